The van der Waals surface area contributed by atoms with Crippen molar-refractivity contribution < 1.29 is 23.8 Å². The third-order valence-electron chi connectivity index (χ3n) is 5.64. The zero-order chi connectivity index (χ0) is 24.1. The minimum absolute atomic E-state index is 0.0191. The van der Waals surface area contributed by atoms with Gasteiger partial charge in [0.1, 0.15) is 17.7 Å². The lowest BCUT2D eigenvalue weighted by Gasteiger charge is -2.24. The van der Waals surface area contributed by atoms with Gasteiger partial charge in [0, 0.05) is 17.8 Å². The Bertz CT molecular complexity index is 1210. The number of piperidine rings is 1. The van der Waals surface area contributed by atoms with E-state index in [9.17, 15) is 9.59 Å². The van der Waals surface area contributed by atoms with Crippen molar-refractivity contribution in [1.29, 1.82) is 0 Å². The Kier molecular flexibility index (Phi) is 7.45. The molecule has 0 unspecified atom stereocenters. The summed E-state index contributed by atoms with van der Waals surface area (Å²) in [5.74, 6) is -1.93. The second-order valence-electron chi connectivity index (χ2n) is 8.08. The van der Waals surface area contributed by atoms with Gasteiger partial charge in [-0.25, -0.2) is 4.39 Å². The Balaban J connectivity index is 1.59. The number of carboxylic acid groups (broad SMARTS) is 1. The van der Waals surface area contributed by atoms with Crippen LogP contribution >= 0.6 is 11.6 Å². The number of rotatable bonds is 7. The van der Waals surface area contributed by atoms with Crippen LogP contribution in [0.25, 0.3) is 11.1 Å². The van der Waals surface area contributed by atoms with Gasteiger partial charge in [0.05, 0.1) is 17.0 Å². The molecule has 0 spiro atoms. The molecule has 0 aliphatic carbocycles. The summed E-state index contributed by atoms with van der Waals surface area (Å²) in [6, 6.07) is 16.1. The number of para-hydroxylation sites is 1. The molecular formula is C26H24ClFN2O4. The van der Waals surface area contributed by atoms with Gasteiger partial charge in [-0.1, -0.05) is 48.0 Å². The summed E-state index contributed by atoms with van der Waals surface area (Å²) in [6.07, 6.45) is 1.63. The van der Waals surface area contributed by atoms with Crippen LogP contribution in [0.1, 0.15) is 28.8 Å². The highest BCUT2D eigenvalue weighted by Gasteiger charge is 2.20. The first-order valence-corrected chi connectivity index (χ1v) is 11.4. The molecule has 3 aromatic rings. The van der Waals surface area contributed by atoms with Crippen molar-refractivity contribution in [1.82, 2.24) is 5.32 Å². The van der Waals surface area contributed by atoms with Gasteiger partial charge in [0.2, 0.25) is 0 Å². The molecule has 0 saturated carbocycles. The predicted octanol–water partition coefficient (Wildman–Crippen LogP) is 5.16. The number of amides is 1. The van der Waals surface area contributed by atoms with Crippen LogP contribution in [0.15, 0.2) is 60.7 Å². The van der Waals surface area contributed by atoms with Crippen LogP contribution < -0.4 is 15.4 Å². The van der Waals surface area contributed by atoms with Crippen LogP contribution in [0.3, 0.4) is 0 Å². The van der Waals surface area contributed by atoms with Gasteiger partial charge in [0.25, 0.3) is 5.91 Å². The molecule has 3 N–H and O–H groups in total. The second-order valence-corrected chi connectivity index (χ2v) is 8.49. The molecule has 176 valence electrons. The van der Waals surface area contributed by atoms with Crippen molar-refractivity contribution in [2.75, 3.05) is 18.4 Å². The average molecular weight is 483 g/mol. The van der Waals surface area contributed by atoms with E-state index in [4.69, 9.17) is 21.4 Å². The van der Waals surface area contributed by atoms with Crippen molar-refractivity contribution in [2.24, 2.45) is 0 Å². The molecule has 1 fully saturated rings. The van der Waals surface area contributed by atoms with E-state index in [1.807, 2.05) is 0 Å². The number of aliphatic carboxylic acids is 1. The minimum Gasteiger partial charge on any atom is -0.488 e. The Hall–Kier alpha value is -3.42. The van der Waals surface area contributed by atoms with Gasteiger partial charge in [-0.2, -0.15) is 0 Å². The van der Waals surface area contributed by atoms with Crippen molar-refractivity contribution in [3.05, 3.63) is 82.6 Å². The normalized spacial score (nSPS) is 15.5. The number of carboxylic acids is 1. The predicted molar refractivity (Wildman–Crippen MR) is 129 cm³/mol. The molecule has 0 radical (unpaired) electrons. The van der Waals surface area contributed by atoms with Gasteiger partial charge >= 0.3 is 5.97 Å². The summed E-state index contributed by atoms with van der Waals surface area (Å²) in [5, 5.41) is 15.4. The first-order chi connectivity index (χ1) is 16.4. The van der Waals surface area contributed by atoms with E-state index in [0.29, 0.717) is 34.1 Å². The van der Waals surface area contributed by atoms with E-state index in [-0.39, 0.29) is 23.7 Å². The van der Waals surface area contributed by atoms with Gasteiger partial charge in [-0.05, 0) is 54.8 Å². The number of hydrogen-bond acceptors (Lipinski definition) is 4. The standard InChI is InChI=1S/C26H24ClFN2O4/c27-21-11-10-16(13-23(21)34-18-6-4-12-29-15-18)19-7-3-8-20(25(19)28)26(33)30-22-9-2-1-5-17(22)14-24(31)32/h1-3,5,7-11,13,18,29H,4,6,12,14-15H2,(H,30,33)(H,31,32)/t18-/m1/s1. The van der Waals surface area contributed by atoms with Crippen molar-refractivity contribution in [3.63, 3.8) is 0 Å². The number of nitrogens with one attached hydrogen (secondary N) is 2. The molecule has 1 aliphatic rings. The molecule has 1 atom stereocenters. The highest BCUT2D eigenvalue weighted by atomic mass is 35.5. The maximum Gasteiger partial charge on any atom is 0.307 e. The number of benzene rings is 3. The van der Waals surface area contributed by atoms with E-state index in [1.165, 1.54) is 6.07 Å². The van der Waals surface area contributed by atoms with Gasteiger partial charge in [-0.3, -0.25) is 9.59 Å². The highest BCUT2D eigenvalue weighted by Crippen LogP contribution is 2.34. The van der Waals surface area contributed by atoms with Crippen molar-refractivity contribution >= 4 is 29.2 Å². The van der Waals surface area contributed by atoms with Gasteiger partial charge < -0.3 is 20.5 Å². The molecule has 6 nitrogen and oxygen atoms in total. The number of carbonyl (C=O) groups is 2. The van der Waals surface area contributed by atoms with Gasteiger partial charge in [-0.15, -0.1) is 0 Å². The molecule has 34 heavy (non-hydrogen) atoms. The van der Waals surface area contributed by atoms with Crippen molar-refractivity contribution in [2.45, 2.75) is 25.4 Å². The molecule has 1 amide bonds. The number of anilines is 1. The number of ether oxygens (including phenoxy) is 1. The Morgan fingerprint density at radius 3 is 2.74 bits per heavy atom. The summed E-state index contributed by atoms with van der Waals surface area (Å²) in [5.41, 5.74) is 1.35. The highest BCUT2D eigenvalue weighted by molar-refractivity contribution is 6.32. The molecule has 1 aliphatic heterocycles. The third kappa shape index (κ3) is 5.55. The molecule has 0 aromatic heterocycles. The topological polar surface area (TPSA) is 87.7 Å². The Morgan fingerprint density at radius 2 is 1.97 bits per heavy atom. The molecular weight excluding hydrogens is 459 g/mol. The lowest BCUT2D eigenvalue weighted by Crippen LogP contribution is -2.37. The summed E-state index contributed by atoms with van der Waals surface area (Å²) in [6.45, 7) is 1.67. The Labute approximate surface area is 201 Å². The summed E-state index contributed by atoms with van der Waals surface area (Å²) in [4.78, 5) is 24.0. The fourth-order valence-corrected chi connectivity index (χ4v) is 4.10. The maximum atomic E-state index is 15.5. The number of halogens is 2. The van der Waals surface area contributed by atoms with Crippen LogP contribution in [-0.4, -0.2) is 36.2 Å². The smallest absolute Gasteiger partial charge is 0.307 e. The summed E-state index contributed by atoms with van der Waals surface area (Å²) in [7, 11) is 0. The first kappa shape index (κ1) is 23.7. The monoisotopic (exact) mass is 482 g/mol. The van der Waals surface area contributed by atoms with Crippen LogP contribution in [-0.2, 0) is 11.2 Å². The van der Waals surface area contributed by atoms with E-state index in [0.717, 1.165) is 19.4 Å². The van der Waals surface area contributed by atoms with Crippen LogP contribution in [0, 0.1) is 5.82 Å². The van der Waals surface area contributed by atoms with Crippen LogP contribution in [0.4, 0.5) is 10.1 Å². The second kappa shape index (κ2) is 10.7. The largest absolute Gasteiger partial charge is 0.488 e. The SMILES string of the molecule is O=C(O)Cc1ccccc1NC(=O)c1cccc(-c2ccc(Cl)c(O[C@@H]3CCCNC3)c2)c1F. The lowest BCUT2D eigenvalue weighted by molar-refractivity contribution is -0.136. The Morgan fingerprint density at radius 1 is 1.15 bits per heavy atom. The molecule has 8 heteroatoms. The number of hydrogen-bond donors (Lipinski definition) is 3. The summed E-state index contributed by atoms with van der Waals surface area (Å²) < 4.78 is 21.5. The molecule has 3 aromatic carbocycles. The van der Waals surface area contributed by atoms with E-state index in [1.54, 1.807) is 54.6 Å². The van der Waals surface area contributed by atoms with E-state index in [2.05, 4.69) is 10.6 Å². The summed E-state index contributed by atoms with van der Waals surface area (Å²) >= 11 is 6.32. The van der Waals surface area contributed by atoms with Crippen LogP contribution in [0.5, 0.6) is 5.75 Å². The zero-order valence-corrected chi connectivity index (χ0v) is 19.1. The molecule has 1 heterocycles. The lowest BCUT2D eigenvalue weighted by atomic mass is 10.0. The number of carbonyl (C=O) groups excluding carboxylic acids is 1. The van der Waals surface area contributed by atoms with Crippen molar-refractivity contribution in [3.8, 4) is 16.9 Å². The fourth-order valence-electron chi connectivity index (χ4n) is 3.94. The average Bonchev–Trinajstić information content (AvgIpc) is 2.82. The first-order valence-electron chi connectivity index (χ1n) is 11.0. The van der Waals surface area contributed by atoms with Gasteiger partial charge in [0.15, 0.2) is 0 Å². The third-order valence-corrected chi connectivity index (χ3v) is 5.95. The van der Waals surface area contributed by atoms with Crippen LogP contribution in [0.2, 0.25) is 5.02 Å². The van der Waals surface area contributed by atoms with E-state index < -0.39 is 17.7 Å². The molecule has 1 saturated heterocycles. The maximum absolute atomic E-state index is 15.5. The molecule has 4 rings (SSSR count). The van der Waals surface area contributed by atoms with E-state index >= 15 is 4.39 Å². The minimum atomic E-state index is -1.03. The molecule has 0 bridgehead atoms. The quantitative estimate of drug-likeness (QED) is 0.433. The zero-order valence-electron chi connectivity index (χ0n) is 18.3. The fraction of sp³-hybridized carbons (Fsp3) is 0.231.